The van der Waals surface area contributed by atoms with E-state index in [1.54, 1.807) is 37.3 Å². The van der Waals surface area contributed by atoms with Gasteiger partial charge in [-0.05, 0) is 50.1 Å². The van der Waals surface area contributed by atoms with Gasteiger partial charge in [-0.2, -0.15) is 9.57 Å². The molecule has 1 aromatic heterocycles. The van der Waals surface area contributed by atoms with Crippen LogP contribution in [-0.4, -0.2) is 42.0 Å². The van der Waals surface area contributed by atoms with E-state index < -0.39 is 15.3 Å². The zero-order valence-electron chi connectivity index (χ0n) is 15.3. The number of hydrogen-bond donors (Lipinski definition) is 1. The lowest BCUT2D eigenvalue weighted by molar-refractivity contribution is -0.115. The molecule has 0 saturated carbocycles. The number of amides is 1. The molecule has 9 heteroatoms. The zero-order valence-corrected chi connectivity index (χ0v) is 17.0. The zero-order chi connectivity index (χ0) is 20.1. The number of nitriles is 1. The minimum Gasteiger partial charge on any atom is -0.325 e. The van der Waals surface area contributed by atoms with Gasteiger partial charge in [0.2, 0.25) is 15.9 Å². The molecule has 2 heterocycles. The van der Waals surface area contributed by atoms with E-state index in [0.717, 1.165) is 12.8 Å². The summed E-state index contributed by atoms with van der Waals surface area (Å²) in [6, 6.07) is 11.9. The third kappa shape index (κ3) is 4.70. The van der Waals surface area contributed by atoms with Gasteiger partial charge in [0.15, 0.2) is 0 Å². The number of benzene rings is 1. The van der Waals surface area contributed by atoms with Crippen molar-refractivity contribution in [3.63, 3.8) is 0 Å². The number of sulfonamides is 1. The van der Waals surface area contributed by atoms with E-state index in [2.05, 4.69) is 10.3 Å². The molecule has 7 nitrogen and oxygen atoms in total. The summed E-state index contributed by atoms with van der Waals surface area (Å²) in [7, 11) is -3.49. The van der Waals surface area contributed by atoms with Gasteiger partial charge < -0.3 is 5.32 Å². The van der Waals surface area contributed by atoms with Crippen molar-refractivity contribution in [3.8, 4) is 6.07 Å². The van der Waals surface area contributed by atoms with Gasteiger partial charge in [-0.25, -0.2) is 13.4 Å². The maximum Gasteiger partial charge on any atom is 0.244 e. The van der Waals surface area contributed by atoms with Crippen LogP contribution in [0, 0.1) is 11.3 Å². The molecular weight excluding hydrogens is 396 g/mol. The Bertz CT molecular complexity index is 995. The highest BCUT2D eigenvalue weighted by Crippen LogP contribution is 2.25. The van der Waals surface area contributed by atoms with Crippen LogP contribution in [0.3, 0.4) is 0 Å². The topological polar surface area (TPSA) is 103 Å². The van der Waals surface area contributed by atoms with Gasteiger partial charge >= 0.3 is 0 Å². The molecule has 1 saturated heterocycles. The summed E-state index contributed by atoms with van der Waals surface area (Å²) in [5, 5.41) is 11.8. The van der Waals surface area contributed by atoms with E-state index in [4.69, 9.17) is 5.26 Å². The van der Waals surface area contributed by atoms with Crippen LogP contribution in [-0.2, 0) is 14.8 Å². The van der Waals surface area contributed by atoms with Crippen LogP contribution >= 0.6 is 11.8 Å². The third-order valence-electron chi connectivity index (χ3n) is 4.34. The van der Waals surface area contributed by atoms with Crippen molar-refractivity contribution in [1.82, 2.24) is 9.29 Å². The Kier molecular flexibility index (Phi) is 6.34. The van der Waals surface area contributed by atoms with E-state index in [1.165, 1.54) is 28.3 Å². The molecule has 1 aliphatic rings. The van der Waals surface area contributed by atoms with Crippen LogP contribution in [0.4, 0.5) is 5.69 Å². The fourth-order valence-corrected chi connectivity index (χ4v) is 5.06. The SMILES string of the molecule is C[C@@H](Sc1ccc(S(=O)(=O)N2CCCC2)cn1)C(=O)Nc1cccc(C#N)c1. The summed E-state index contributed by atoms with van der Waals surface area (Å²) in [6.07, 6.45) is 3.10. The summed E-state index contributed by atoms with van der Waals surface area (Å²) < 4.78 is 26.5. The Morgan fingerprint density at radius 1 is 1.29 bits per heavy atom. The lowest BCUT2D eigenvalue weighted by Crippen LogP contribution is -2.28. The van der Waals surface area contributed by atoms with Crippen molar-refractivity contribution in [1.29, 1.82) is 5.26 Å². The molecule has 0 unspecified atom stereocenters. The van der Waals surface area contributed by atoms with Crippen molar-refractivity contribution < 1.29 is 13.2 Å². The predicted octanol–water partition coefficient (Wildman–Crippen LogP) is 2.86. The molecule has 1 aromatic carbocycles. The van der Waals surface area contributed by atoms with Gasteiger partial charge in [-0.1, -0.05) is 17.8 Å². The van der Waals surface area contributed by atoms with Crippen molar-refractivity contribution in [3.05, 3.63) is 48.2 Å². The van der Waals surface area contributed by atoms with E-state index in [0.29, 0.717) is 29.4 Å². The van der Waals surface area contributed by atoms with Crippen LogP contribution in [0.15, 0.2) is 52.5 Å². The summed E-state index contributed by atoms with van der Waals surface area (Å²) in [6.45, 7) is 2.83. The highest BCUT2D eigenvalue weighted by Gasteiger charge is 2.27. The number of hydrogen-bond acceptors (Lipinski definition) is 6. The summed E-state index contributed by atoms with van der Waals surface area (Å²) >= 11 is 1.24. The summed E-state index contributed by atoms with van der Waals surface area (Å²) in [4.78, 5) is 16.7. The van der Waals surface area contributed by atoms with Crippen molar-refractivity contribution >= 4 is 33.4 Å². The van der Waals surface area contributed by atoms with Crippen LogP contribution in [0.2, 0.25) is 0 Å². The summed E-state index contributed by atoms with van der Waals surface area (Å²) in [5.74, 6) is -0.226. The van der Waals surface area contributed by atoms with Gasteiger partial charge in [0.25, 0.3) is 0 Å². The molecule has 0 spiro atoms. The number of thioether (sulfide) groups is 1. The van der Waals surface area contributed by atoms with Crippen LogP contribution in [0.5, 0.6) is 0 Å². The average Bonchev–Trinajstić information content (AvgIpc) is 3.24. The molecule has 1 atom stereocenters. The van der Waals surface area contributed by atoms with E-state index in [9.17, 15) is 13.2 Å². The lowest BCUT2D eigenvalue weighted by Gasteiger charge is -2.15. The molecule has 0 bridgehead atoms. The van der Waals surface area contributed by atoms with Gasteiger partial charge in [0.1, 0.15) is 4.90 Å². The molecule has 0 radical (unpaired) electrons. The minimum atomic E-state index is -3.49. The molecule has 1 N–H and O–H groups in total. The number of aromatic nitrogens is 1. The lowest BCUT2D eigenvalue weighted by atomic mass is 10.2. The smallest absolute Gasteiger partial charge is 0.244 e. The van der Waals surface area contributed by atoms with Crippen molar-refractivity contribution in [2.24, 2.45) is 0 Å². The van der Waals surface area contributed by atoms with Crippen LogP contribution < -0.4 is 5.32 Å². The minimum absolute atomic E-state index is 0.171. The fraction of sp³-hybridized carbons (Fsp3) is 0.316. The summed E-state index contributed by atoms with van der Waals surface area (Å²) in [5.41, 5.74) is 1.02. The van der Waals surface area contributed by atoms with Gasteiger partial charge in [-0.15, -0.1) is 0 Å². The van der Waals surface area contributed by atoms with Crippen molar-refractivity contribution in [2.75, 3.05) is 18.4 Å². The fourth-order valence-electron chi connectivity index (χ4n) is 2.81. The largest absolute Gasteiger partial charge is 0.325 e. The molecule has 146 valence electrons. The molecule has 0 aliphatic carbocycles. The normalized spacial score (nSPS) is 15.7. The van der Waals surface area contributed by atoms with Crippen molar-refractivity contribution in [2.45, 2.75) is 34.9 Å². The number of rotatable bonds is 6. The number of carbonyl (C=O) groups excluding carboxylic acids is 1. The maximum atomic E-state index is 12.5. The Labute approximate surface area is 168 Å². The number of pyridine rings is 1. The third-order valence-corrected chi connectivity index (χ3v) is 7.27. The monoisotopic (exact) mass is 416 g/mol. The second kappa shape index (κ2) is 8.73. The van der Waals surface area contributed by atoms with E-state index in [1.807, 2.05) is 6.07 Å². The highest BCUT2D eigenvalue weighted by atomic mass is 32.2. The molecular formula is C19H20N4O3S2. The number of anilines is 1. The Morgan fingerprint density at radius 2 is 2.04 bits per heavy atom. The Morgan fingerprint density at radius 3 is 2.68 bits per heavy atom. The van der Waals surface area contributed by atoms with E-state index >= 15 is 0 Å². The first-order valence-electron chi connectivity index (χ1n) is 8.84. The molecule has 28 heavy (non-hydrogen) atoms. The first kappa shape index (κ1) is 20.3. The molecule has 1 aliphatic heterocycles. The second-order valence-electron chi connectivity index (χ2n) is 6.39. The highest BCUT2D eigenvalue weighted by molar-refractivity contribution is 8.00. The van der Waals surface area contributed by atoms with Crippen LogP contribution in [0.25, 0.3) is 0 Å². The Balaban J connectivity index is 1.63. The van der Waals surface area contributed by atoms with E-state index in [-0.39, 0.29) is 10.8 Å². The Hall–Kier alpha value is -2.41. The maximum absolute atomic E-state index is 12.5. The molecule has 2 aromatic rings. The second-order valence-corrected chi connectivity index (χ2v) is 9.68. The number of carbonyl (C=O) groups is 1. The predicted molar refractivity (Wildman–Crippen MR) is 107 cm³/mol. The first-order chi connectivity index (χ1) is 13.4. The number of nitrogens with one attached hydrogen (secondary N) is 1. The van der Waals surface area contributed by atoms with Gasteiger partial charge in [0, 0.05) is 25.0 Å². The quantitative estimate of drug-likeness (QED) is 0.726. The van der Waals surface area contributed by atoms with Gasteiger partial charge in [-0.3, -0.25) is 4.79 Å². The molecule has 3 rings (SSSR count). The standard InChI is InChI=1S/C19H20N4O3S2/c1-14(19(24)22-16-6-4-5-15(11-16)12-20)27-18-8-7-17(13-21-18)28(25,26)23-9-2-3-10-23/h4-8,11,13-14H,2-3,9-10H2,1H3,(H,22,24)/t14-/m1/s1. The average molecular weight is 417 g/mol. The number of nitrogens with zero attached hydrogens (tertiary/aromatic N) is 3. The van der Waals surface area contributed by atoms with Gasteiger partial charge in [0.05, 0.1) is 21.9 Å². The first-order valence-corrected chi connectivity index (χ1v) is 11.2. The molecule has 1 fully saturated rings. The van der Waals surface area contributed by atoms with Crippen LogP contribution in [0.1, 0.15) is 25.3 Å². The molecule has 1 amide bonds.